The van der Waals surface area contributed by atoms with Crippen LogP contribution in [0.1, 0.15) is 56.2 Å². The normalized spacial score (nSPS) is 18.0. The summed E-state index contributed by atoms with van der Waals surface area (Å²) >= 11 is 0. The summed E-state index contributed by atoms with van der Waals surface area (Å²) in [5, 5.41) is 3.40. The Balaban J connectivity index is 1.47. The number of rotatable bonds is 9. The molecule has 0 saturated carbocycles. The highest BCUT2D eigenvalue weighted by Gasteiger charge is 2.43. The fourth-order valence-corrected chi connectivity index (χ4v) is 5.74. The minimum Gasteiger partial charge on any atom is -0.493 e. The third-order valence-electron chi connectivity index (χ3n) is 7.68. The van der Waals surface area contributed by atoms with Crippen molar-refractivity contribution in [2.75, 3.05) is 13.7 Å². The van der Waals surface area contributed by atoms with Crippen LogP contribution in [-0.2, 0) is 27.4 Å². The topological polar surface area (TPSA) is 73.9 Å². The van der Waals surface area contributed by atoms with Crippen LogP contribution < -0.4 is 14.8 Å². The van der Waals surface area contributed by atoms with E-state index in [-0.39, 0.29) is 17.8 Å². The van der Waals surface area contributed by atoms with Gasteiger partial charge in [-0.3, -0.25) is 4.79 Å². The molecule has 6 nitrogen and oxygen atoms in total. The Kier molecular flexibility index (Phi) is 8.29. The molecule has 41 heavy (non-hydrogen) atoms. The number of ether oxygens (including phenoxy) is 3. The monoisotopic (exact) mass is 551 g/mol. The van der Waals surface area contributed by atoms with Gasteiger partial charge in [0.1, 0.15) is 6.61 Å². The van der Waals surface area contributed by atoms with Crippen molar-refractivity contribution >= 4 is 11.8 Å². The van der Waals surface area contributed by atoms with Gasteiger partial charge in [0, 0.05) is 35.7 Å². The zero-order valence-electron chi connectivity index (χ0n) is 24.2. The van der Waals surface area contributed by atoms with Gasteiger partial charge < -0.3 is 19.5 Å². The first-order chi connectivity index (χ1) is 19.8. The minimum absolute atomic E-state index is 0.0409. The van der Waals surface area contributed by atoms with E-state index in [1.54, 1.807) is 7.11 Å². The Morgan fingerprint density at radius 1 is 0.927 bits per heavy atom. The molecule has 1 unspecified atom stereocenters. The molecule has 1 atom stereocenters. The third kappa shape index (κ3) is 6.37. The molecule has 0 spiro atoms. The fraction of sp³-hybridized carbons (Fsp3) is 0.314. The Hall–Kier alpha value is -4.32. The molecule has 1 heterocycles. The molecule has 6 heteroatoms. The second-order valence-corrected chi connectivity index (χ2v) is 11.5. The van der Waals surface area contributed by atoms with Gasteiger partial charge in [0.15, 0.2) is 17.3 Å². The Bertz CT molecular complexity index is 1490. The molecule has 1 N–H and O–H groups in total. The van der Waals surface area contributed by atoms with Crippen molar-refractivity contribution < 1.29 is 23.8 Å². The number of allylic oxidation sites excluding steroid dienone is 3. The van der Waals surface area contributed by atoms with Crippen molar-refractivity contribution in [1.29, 1.82) is 0 Å². The van der Waals surface area contributed by atoms with Gasteiger partial charge in [-0.15, -0.1) is 0 Å². The summed E-state index contributed by atoms with van der Waals surface area (Å²) < 4.78 is 17.6. The van der Waals surface area contributed by atoms with Crippen LogP contribution in [0.3, 0.4) is 0 Å². The quantitative estimate of drug-likeness (QED) is 0.300. The zero-order chi connectivity index (χ0) is 29.0. The number of carbonyl (C=O) groups is 2. The predicted molar refractivity (Wildman–Crippen MR) is 158 cm³/mol. The van der Waals surface area contributed by atoms with E-state index in [0.29, 0.717) is 54.2 Å². The molecule has 0 saturated heterocycles. The molecule has 0 bridgehead atoms. The molecular formula is C35H37NO5. The van der Waals surface area contributed by atoms with E-state index in [9.17, 15) is 9.59 Å². The second-order valence-electron chi connectivity index (χ2n) is 11.5. The molecule has 3 aromatic carbocycles. The number of nitrogens with one attached hydrogen (secondary N) is 1. The van der Waals surface area contributed by atoms with Gasteiger partial charge >= 0.3 is 5.97 Å². The van der Waals surface area contributed by atoms with Crippen molar-refractivity contribution in [1.82, 2.24) is 5.32 Å². The van der Waals surface area contributed by atoms with Crippen LogP contribution in [0.15, 0.2) is 101 Å². The molecule has 0 amide bonds. The lowest BCUT2D eigenvalue weighted by atomic mass is 9.68. The highest BCUT2D eigenvalue weighted by Crippen LogP contribution is 2.48. The first kappa shape index (κ1) is 28.2. The lowest BCUT2D eigenvalue weighted by molar-refractivity contribution is -0.139. The van der Waals surface area contributed by atoms with E-state index in [1.165, 1.54) is 0 Å². The van der Waals surface area contributed by atoms with Crippen molar-refractivity contribution in [3.8, 4) is 11.5 Å². The number of Topliss-reactive ketones (excluding diaryl/α,β-unsaturated/α-hetero) is 1. The number of dihydropyridines is 1. The molecule has 5 rings (SSSR count). The van der Waals surface area contributed by atoms with Crippen LogP contribution in [0.5, 0.6) is 11.5 Å². The first-order valence-electron chi connectivity index (χ1n) is 14.1. The molecule has 0 aromatic heterocycles. The molecule has 3 aromatic rings. The van der Waals surface area contributed by atoms with Crippen molar-refractivity contribution in [2.24, 2.45) is 5.41 Å². The summed E-state index contributed by atoms with van der Waals surface area (Å²) in [4.78, 5) is 27.3. The van der Waals surface area contributed by atoms with E-state index in [4.69, 9.17) is 14.2 Å². The summed E-state index contributed by atoms with van der Waals surface area (Å²) in [6.07, 6.45) is 1.74. The summed E-state index contributed by atoms with van der Waals surface area (Å²) in [6.45, 7) is 6.71. The molecule has 1 aliphatic carbocycles. The number of carbonyl (C=O) groups excluding carboxylic acids is 2. The third-order valence-corrected chi connectivity index (χ3v) is 7.68. The number of methoxy groups -OCH3 is 1. The van der Waals surface area contributed by atoms with Crippen LogP contribution in [0.4, 0.5) is 0 Å². The zero-order valence-corrected chi connectivity index (χ0v) is 24.2. The SMILES string of the molecule is COc1cc(C2C(C(=O)OCCc3ccccc3)=C(C)NC3=C2C(=O)CC(C)(C)C3)ccc1OCc1ccccc1. The Labute approximate surface area is 242 Å². The molecular weight excluding hydrogens is 514 g/mol. The molecule has 0 fully saturated rings. The minimum atomic E-state index is -0.573. The first-order valence-corrected chi connectivity index (χ1v) is 14.1. The number of benzene rings is 3. The van der Waals surface area contributed by atoms with E-state index in [0.717, 1.165) is 22.4 Å². The lowest BCUT2D eigenvalue weighted by Gasteiger charge is -2.39. The number of esters is 1. The van der Waals surface area contributed by atoms with Gasteiger partial charge in [0.25, 0.3) is 0 Å². The number of ketones is 1. The van der Waals surface area contributed by atoms with Gasteiger partial charge in [0.05, 0.1) is 19.3 Å². The number of hydrogen-bond acceptors (Lipinski definition) is 6. The van der Waals surface area contributed by atoms with E-state index >= 15 is 0 Å². The smallest absolute Gasteiger partial charge is 0.336 e. The van der Waals surface area contributed by atoms with Crippen molar-refractivity contribution in [2.45, 2.75) is 52.6 Å². The fourth-order valence-electron chi connectivity index (χ4n) is 5.74. The second kappa shape index (κ2) is 12.0. The maximum absolute atomic E-state index is 13.7. The summed E-state index contributed by atoms with van der Waals surface area (Å²) in [7, 11) is 1.59. The Morgan fingerprint density at radius 3 is 2.29 bits per heavy atom. The van der Waals surface area contributed by atoms with Gasteiger partial charge in [0.2, 0.25) is 0 Å². The van der Waals surface area contributed by atoms with Gasteiger partial charge in [-0.05, 0) is 47.6 Å². The highest BCUT2D eigenvalue weighted by molar-refractivity contribution is 6.04. The van der Waals surface area contributed by atoms with Gasteiger partial charge in [-0.2, -0.15) is 0 Å². The van der Waals surface area contributed by atoms with Crippen LogP contribution in [0.2, 0.25) is 0 Å². The van der Waals surface area contributed by atoms with Crippen LogP contribution in [0.25, 0.3) is 0 Å². The average Bonchev–Trinajstić information content (AvgIpc) is 2.95. The van der Waals surface area contributed by atoms with Gasteiger partial charge in [-0.1, -0.05) is 80.6 Å². The highest BCUT2D eigenvalue weighted by atomic mass is 16.5. The summed E-state index contributed by atoms with van der Waals surface area (Å²) in [6, 6.07) is 25.5. The lowest BCUT2D eigenvalue weighted by Crippen LogP contribution is -2.38. The largest absolute Gasteiger partial charge is 0.493 e. The van der Waals surface area contributed by atoms with Gasteiger partial charge in [-0.25, -0.2) is 4.79 Å². The maximum Gasteiger partial charge on any atom is 0.336 e. The van der Waals surface area contributed by atoms with Crippen molar-refractivity contribution in [3.05, 3.63) is 118 Å². The standard InChI is InChI=1S/C35H37NO5/c1-23-31(34(38)40-18-17-24-11-7-5-8-12-24)32(33-27(36-23)20-35(2,3)21-28(33)37)26-15-16-29(30(19-26)39-4)41-22-25-13-9-6-10-14-25/h5-16,19,32,36H,17-18,20-22H2,1-4H3. The predicted octanol–water partition coefficient (Wildman–Crippen LogP) is 6.66. The maximum atomic E-state index is 13.7. The molecule has 1 aliphatic heterocycles. The molecule has 212 valence electrons. The average molecular weight is 552 g/mol. The molecule has 0 radical (unpaired) electrons. The molecule has 2 aliphatic rings. The van der Waals surface area contributed by atoms with Crippen LogP contribution in [0, 0.1) is 5.41 Å². The van der Waals surface area contributed by atoms with E-state index < -0.39 is 11.9 Å². The van der Waals surface area contributed by atoms with Crippen LogP contribution in [-0.4, -0.2) is 25.5 Å². The summed E-state index contributed by atoms with van der Waals surface area (Å²) in [5.41, 5.74) is 5.40. The Morgan fingerprint density at radius 2 is 1.61 bits per heavy atom. The van der Waals surface area contributed by atoms with Crippen LogP contribution >= 0.6 is 0 Å². The van der Waals surface area contributed by atoms with Crippen molar-refractivity contribution in [3.63, 3.8) is 0 Å². The summed E-state index contributed by atoms with van der Waals surface area (Å²) in [5.74, 6) is 0.169. The van der Waals surface area contributed by atoms with E-state index in [1.807, 2.05) is 85.8 Å². The number of hydrogen-bond donors (Lipinski definition) is 1. The van der Waals surface area contributed by atoms with E-state index in [2.05, 4.69) is 19.2 Å².